The van der Waals surface area contributed by atoms with Gasteiger partial charge in [-0.05, 0) is 36.6 Å². The van der Waals surface area contributed by atoms with Gasteiger partial charge < -0.3 is 14.9 Å². The lowest BCUT2D eigenvalue weighted by molar-refractivity contribution is -0.132. The van der Waals surface area contributed by atoms with Crippen molar-refractivity contribution in [1.29, 1.82) is 0 Å². The molecular formula is C24H24N2O4. The van der Waals surface area contributed by atoms with Crippen molar-refractivity contribution < 1.29 is 19.5 Å². The fraction of sp³-hybridized carbons (Fsp3) is 0.292. The summed E-state index contributed by atoms with van der Waals surface area (Å²) in [5, 5.41) is 8.86. The number of carbonyl (C=O) groups excluding carboxylic acids is 2. The van der Waals surface area contributed by atoms with Crippen LogP contribution in [-0.4, -0.2) is 40.9 Å². The van der Waals surface area contributed by atoms with Gasteiger partial charge in [0.05, 0.1) is 6.04 Å². The summed E-state index contributed by atoms with van der Waals surface area (Å²) in [6.07, 6.45) is 4.72. The number of benzene rings is 2. The van der Waals surface area contributed by atoms with E-state index in [1.165, 1.54) is 0 Å². The number of rotatable bonds is 4. The molecule has 1 heterocycles. The quantitative estimate of drug-likeness (QED) is 0.789. The van der Waals surface area contributed by atoms with Crippen LogP contribution in [0.3, 0.4) is 0 Å². The molecule has 3 unspecified atom stereocenters. The monoisotopic (exact) mass is 404 g/mol. The molecule has 2 aromatic carbocycles. The van der Waals surface area contributed by atoms with E-state index < -0.39 is 5.97 Å². The number of hydrogen-bond donors (Lipinski definition) is 1. The third kappa shape index (κ3) is 3.49. The third-order valence-electron chi connectivity index (χ3n) is 6.16. The lowest BCUT2D eigenvalue weighted by Gasteiger charge is -2.46. The highest BCUT2D eigenvalue weighted by Gasteiger charge is 2.47. The van der Waals surface area contributed by atoms with Crippen molar-refractivity contribution in [2.75, 3.05) is 11.9 Å². The second kappa shape index (κ2) is 8.14. The predicted octanol–water partition coefficient (Wildman–Crippen LogP) is 3.66. The Bertz CT molecular complexity index is 1000. The number of anilines is 1. The van der Waals surface area contributed by atoms with Gasteiger partial charge in [0, 0.05) is 42.4 Å². The molecule has 30 heavy (non-hydrogen) atoms. The molecule has 0 saturated heterocycles. The van der Waals surface area contributed by atoms with Gasteiger partial charge in [0.1, 0.15) is 0 Å². The molecule has 3 atom stereocenters. The van der Waals surface area contributed by atoms with E-state index in [2.05, 4.69) is 0 Å². The van der Waals surface area contributed by atoms with Crippen molar-refractivity contribution in [3.8, 4) is 0 Å². The van der Waals surface area contributed by atoms with Gasteiger partial charge in [-0.3, -0.25) is 9.59 Å². The third-order valence-corrected chi connectivity index (χ3v) is 6.16. The van der Waals surface area contributed by atoms with Crippen LogP contribution in [0.25, 0.3) is 0 Å². The van der Waals surface area contributed by atoms with Crippen LogP contribution in [0, 0.1) is 5.92 Å². The molecule has 6 nitrogen and oxygen atoms in total. The summed E-state index contributed by atoms with van der Waals surface area (Å²) >= 11 is 0. The molecule has 0 aromatic heterocycles. The Labute approximate surface area is 175 Å². The fourth-order valence-corrected chi connectivity index (χ4v) is 4.90. The zero-order chi connectivity index (χ0) is 21.3. The standard InChI is InChI=1S/C24H24N2O4/c1-25(21(27)14-15-22(28)29)23-17-10-5-6-12-19(17)26(20-13-7-11-18(20)23)24(30)16-8-3-2-4-9-16/h2-6,8-10,12,14-15,18,20,23H,7,11,13H2,1H3,(H,28,29)/b15-14+. The van der Waals surface area contributed by atoms with E-state index in [4.69, 9.17) is 5.11 Å². The van der Waals surface area contributed by atoms with Gasteiger partial charge >= 0.3 is 5.97 Å². The normalized spacial score (nSPS) is 22.4. The van der Waals surface area contributed by atoms with Crippen LogP contribution in [0.2, 0.25) is 0 Å². The molecule has 0 spiro atoms. The Kier molecular flexibility index (Phi) is 5.40. The van der Waals surface area contributed by atoms with Crippen molar-refractivity contribution in [3.63, 3.8) is 0 Å². The lowest BCUT2D eigenvalue weighted by Crippen LogP contribution is -2.51. The van der Waals surface area contributed by atoms with Gasteiger partial charge in [-0.1, -0.05) is 42.8 Å². The van der Waals surface area contributed by atoms with Crippen molar-refractivity contribution in [2.45, 2.75) is 31.3 Å². The summed E-state index contributed by atoms with van der Waals surface area (Å²) < 4.78 is 0. The molecule has 2 aliphatic rings. The second-order valence-electron chi connectivity index (χ2n) is 7.83. The highest BCUT2D eigenvalue weighted by atomic mass is 16.4. The first kappa shape index (κ1) is 19.9. The van der Waals surface area contributed by atoms with Crippen molar-refractivity contribution in [3.05, 3.63) is 77.9 Å². The number of amides is 2. The van der Waals surface area contributed by atoms with Crippen LogP contribution in [-0.2, 0) is 9.59 Å². The van der Waals surface area contributed by atoms with Crippen LogP contribution >= 0.6 is 0 Å². The zero-order valence-electron chi connectivity index (χ0n) is 16.8. The Hall–Kier alpha value is -3.41. The van der Waals surface area contributed by atoms with Crippen molar-refractivity contribution in [1.82, 2.24) is 4.90 Å². The van der Waals surface area contributed by atoms with E-state index >= 15 is 0 Å². The van der Waals surface area contributed by atoms with Gasteiger partial charge in [-0.15, -0.1) is 0 Å². The van der Waals surface area contributed by atoms with Crippen LogP contribution in [0.15, 0.2) is 66.7 Å². The molecule has 1 N–H and O–H groups in total. The number of carboxylic acid groups (broad SMARTS) is 1. The Morgan fingerprint density at radius 1 is 1.00 bits per heavy atom. The molecular weight excluding hydrogens is 380 g/mol. The molecule has 4 rings (SSSR count). The van der Waals surface area contributed by atoms with E-state index in [9.17, 15) is 14.4 Å². The van der Waals surface area contributed by atoms with Gasteiger partial charge in [-0.2, -0.15) is 0 Å². The number of carboxylic acids is 1. The summed E-state index contributed by atoms with van der Waals surface area (Å²) in [7, 11) is 1.71. The smallest absolute Gasteiger partial charge is 0.328 e. The topological polar surface area (TPSA) is 77.9 Å². The number of carbonyl (C=O) groups is 3. The van der Waals surface area contributed by atoms with Gasteiger partial charge in [0.25, 0.3) is 5.91 Å². The van der Waals surface area contributed by atoms with Crippen LogP contribution in [0.1, 0.15) is 41.2 Å². The Morgan fingerprint density at radius 3 is 2.43 bits per heavy atom. The molecule has 2 aromatic rings. The first-order valence-electron chi connectivity index (χ1n) is 10.1. The maximum absolute atomic E-state index is 13.5. The molecule has 1 aliphatic carbocycles. The highest BCUT2D eigenvalue weighted by Crippen LogP contribution is 2.50. The maximum atomic E-state index is 13.5. The van der Waals surface area contributed by atoms with Gasteiger partial charge in [0.2, 0.25) is 5.91 Å². The number of fused-ring (bicyclic) bond motifs is 2. The van der Waals surface area contributed by atoms with Crippen LogP contribution in [0.4, 0.5) is 5.69 Å². The number of hydrogen-bond acceptors (Lipinski definition) is 3. The number of likely N-dealkylation sites (N-methyl/N-ethyl adjacent to an activating group) is 1. The van der Waals surface area contributed by atoms with E-state index in [0.29, 0.717) is 5.56 Å². The minimum absolute atomic E-state index is 0.00342. The van der Waals surface area contributed by atoms with Crippen LogP contribution in [0.5, 0.6) is 0 Å². The van der Waals surface area contributed by atoms with E-state index in [1.807, 2.05) is 59.5 Å². The summed E-state index contributed by atoms with van der Waals surface area (Å²) in [6.45, 7) is 0. The summed E-state index contributed by atoms with van der Waals surface area (Å²) in [5.74, 6) is -1.44. The minimum atomic E-state index is -1.15. The van der Waals surface area contributed by atoms with Crippen molar-refractivity contribution in [2.24, 2.45) is 5.92 Å². The molecule has 1 aliphatic heterocycles. The first-order chi connectivity index (χ1) is 14.5. The lowest BCUT2D eigenvalue weighted by atomic mass is 9.81. The van der Waals surface area contributed by atoms with E-state index in [1.54, 1.807) is 11.9 Å². The molecule has 1 fully saturated rings. The zero-order valence-corrected chi connectivity index (χ0v) is 16.8. The largest absolute Gasteiger partial charge is 0.478 e. The summed E-state index contributed by atoms with van der Waals surface area (Å²) in [4.78, 5) is 40.5. The highest BCUT2D eigenvalue weighted by molar-refractivity contribution is 6.07. The Balaban J connectivity index is 1.76. The second-order valence-corrected chi connectivity index (χ2v) is 7.83. The van der Waals surface area contributed by atoms with E-state index in [-0.39, 0.29) is 29.8 Å². The number of nitrogens with zero attached hydrogens (tertiary/aromatic N) is 2. The van der Waals surface area contributed by atoms with Crippen molar-refractivity contribution >= 4 is 23.5 Å². The predicted molar refractivity (Wildman–Crippen MR) is 113 cm³/mol. The Morgan fingerprint density at radius 2 is 1.70 bits per heavy atom. The fourth-order valence-electron chi connectivity index (χ4n) is 4.90. The maximum Gasteiger partial charge on any atom is 0.328 e. The summed E-state index contributed by atoms with van der Waals surface area (Å²) in [5.41, 5.74) is 2.39. The minimum Gasteiger partial charge on any atom is -0.478 e. The average Bonchev–Trinajstić information content (AvgIpc) is 3.24. The molecule has 0 bridgehead atoms. The van der Waals surface area contributed by atoms with Gasteiger partial charge in [0.15, 0.2) is 0 Å². The van der Waals surface area contributed by atoms with Gasteiger partial charge in [-0.25, -0.2) is 4.79 Å². The molecule has 2 amide bonds. The number of aliphatic carboxylic acids is 1. The van der Waals surface area contributed by atoms with Crippen LogP contribution < -0.4 is 4.90 Å². The first-order valence-corrected chi connectivity index (χ1v) is 10.1. The molecule has 1 saturated carbocycles. The molecule has 154 valence electrons. The summed E-state index contributed by atoms with van der Waals surface area (Å²) in [6, 6.07) is 16.8. The SMILES string of the molecule is CN(C(=O)/C=C/C(=O)O)C1c2ccccc2N(C(=O)c2ccccc2)C2CCCC12. The average molecular weight is 404 g/mol. The van der Waals surface area contributed by atoms with E-state index in [0.717, 1.165) is 42.7 Å². The molecule has 0 radical (unpaired) electrons. The number of para-hydroxylation sites is 1. The molecule has 6 heteroatoms.